The summed E-state index contributed by atoms with van der Waals surface area (Å²) in [7, 11) is -3.43. The number of nitrogens with zero attached hydrogens (tertiary/aromatic N) is 6. The number of rotatable bonds is 4. The first-order valence-corrected chi connectivity index (χ1v) is 11.0. The summed E-state index contributed by atoms with van der Waals surface area (Å²) < 4.78 is 28.3. The molecule has 1 amide bonds. The Morgan fingerprint density at radius 1 is 1.03 bits per heavy atom. The zero-order chi connectivity index (χ0) is 20.6. The molecule has 2 aromatic heterocycles. The Labute approximate surface area is 169 Å². The molecule has 0 atom stereocenters. The van der Waals surface area contributed by atoms with E-state index in [1.54, 1.807) is 21.5 Å². The van der Waals surface area contributed by atoms with Gasteiger partial charge in [-0.05, 0) is 25.5 Å². The lowest BCUT2D eigenvalue weighted by atomic mass is 10.2. The number of amides is 1. The molecule has 0 saturated carbocycles. The van der Waals surface area contributed by atoms with Crippen molar-refractivity contribution in [2.45, 2.75) is 19.6 Å². The highest BCUT2D eigenvalue weighted by molar-refractivity contribution is 7.88. The lowest BCUT2D eigenvalue weighted by Gasteiger charge is -2.33. The summed E-state index contributed by atoms with van der Waals surface area (Å²) >= 11 is 0. The Balaban J connectivity index is 1.44. The predicted molar refractivity (Wildman–Crippen MR) is 107 cm³/mol. The summed E-state index contributed by atoms with van der Waals surface area (Å²) in [4.78, 5) is 22.9. The van der Waals surface area contributed by atoms with Crippen LogP contribution in [-0.4, -0.2) is 69.3 Å². The fourth-order valence-electron chi connectivity index (χ4n) is 3.44. The van der Waals surface area contributed by atoms with Gasteiger partial charge in [-0.1, -0.05) is 30.3 Å². The van der Waals surface area contributed by atoms with Crippen LogP contribution in [0.2, 0.25) is 0 Å². The number of aromatic nitrogens is 4. The molecule has 0 bridgehead atoms. The largest absolute Gasteiger partial charge is 0.333 e. The van der Waals surface area contributed by atoms with Crippen molar-refractivity contribution < 1.29 is 13.2 Å². The monoisotopic (exact) mass is 414 g/mol. The van der Waals surface area contributed by atoms with Gasteiger partial charge in [0.05, 0.1) is 5.75 Å². The summed E-state index contributed by atoms with van der Waals surface area (Å²) in [6.07, 6.45) is 0. The SMILES string of the molecule is Cc1cc(C)n2nc(C(=O)N3CCN(S(=O)(=O)Cc4ccccc4)CC3)nc2n1. The van der Waals surface area contributed by atoms with Gasteiger partial charge in [0.1, 0.15) is 0 Å². The van der Waals surface area contributed by atoms with E-state index in [0.29, 0.717) is 18.9 Å². The van der Waals surface area contributed by atoms with Gasteiger partial charge in [0.25, 0.3) is 11.7 Å². The van der Waals surface area contributed by atoms with Crippen LogP contribution in [0, 0.1) is 13.8 Å². The number of piperazine rings is 1. The topological polar surface area (TPSA) is 101 Å². The molecule has 152 valence electrons. The maximum absolute atomic E-state index is 12.8. The van der Waals surface area contributed by atoms with Crippen LogP contribution in [0.15, 0.2) is 36.4 Å². The molecule has 1 fully saturated rings. The van der Waals surface area contributed by atoms with Crippen LogP contribution < -0.4 is 0 Å². The fraction of sp³-hybridized carbons (Fsp3) is 0.368. The zero-order valence-corrected chi connectivity index (χ0v) is 17.1. The molecule has 1 aliphatic rings. The number of carbonyl (C=O) groups is 1. The van der Waals surface area contributed by atoms with E-state index in [1.807, 2.05) is 38.1 Å². The van der Waals surface area contributed by atoms with Gasteiger partial charge in [-0.15, -0.1) is 5.10 Å². The summed E-state index contributed by atoms with van der Waals surface area (Å²) in [6.45, 7) is 4.84. The van der Waals surface area contributed by atoms with Crippen molar-refractivity contribution in [2.75, 3.05) is 26.2 Å². The Morgan fingerprint density at radius 2 is 1.72 bits per heavy atom. The standard InChI is InChI=1S/C19H22N6O3S/c1-14-12-15(2)25-19(20-14)21-17(22-25)18(26)23-8-10-24(11-9-23)29(27,28)13-16-6-4-3-5-7-16/h3-7,12H,8-11,13H2,1-2H3. The van der Waals surface area contributed by atoms with Crippen LogP contribution in [0.4, 0.5) is 0 Å². The first-order chi connectivity index (χ1) is 13.8. The lowest BCUT2D eigenvalue weighted by Crippen LogP contribution is -2.51. The molecule has 3 aromatic rings. The smallest absolute Gasteiger partial charge is 0.293 e. The minimum atomic E-state index is -3.43. The average molecular weight is 414 g/mol. The molecule has 0 radical (unpaired) electrons. The summed E-state index contributed by atoms with van der Waals surface area (Å²) in [5.74, 6) is 0.106. The van der Waals surface area contributed by atoms with Crippen molar-refractivity contribution in [1.82, 2.24) is 28.8 Å². The van der Waals surface area contributed by atoms with E-state index in [9.17, 15) is 13.2 Å². The maximum Gasteiger partial charge on any atom is 0.293 e. The van der Waals surface area contributed by atoms with Gasteiger partial charge in [0.2, 0.25) is 15.8 Å². The number of fused-ring (bicyclic) bond motifs is 1. The van der Waals surface area contributed by atoms with Crippen LogP contribution in [0.5, 0.6) is 0 Å². The van der Waals surface area contributed by atoms with Crippen LogP contribution in [0.25, 0.3) is 5.78 Å². The third-order valence-corrected chi connectivity index (χ3v) is 6.77. The molecule has 4 rings (SSSR count). The van der Waals surface area contributed by atoms with E-state index >= 15 is 0 Å². The lowest BCUT2D eigenvalue weighted by molar-refractivity contribution is 0.0685. The van der Waals surface area contributed by atoms with Gasteiger partial charge in [0.15, 0.2) is 0 Å². The summed E-state index contributed by atoms with van der Waals surface area (Å²) in [6, 6.07) is 11.0. The third kappa shape index (κ3) is 3.99. The average Bonchev–Trinajstić information content (AvgIpc) is 3.12. The molecule has 29 heavy (non-hydrogen) atoms. The second-order valence-electron chi connectivity index (χ2n) is 7.12. The molecule has 9 nitrogen and oxygen atoms in total. The Kier molecular flexibility index (Phi) is 5.05. The number of hydrogen-bond donors (Lipinski definition) is 0. The summed E-state index contributed by atoms with van der Waals surface area (Å²) in [5, 5.41) is 4.27. The van der Waals surface area contributed by atoms with E-state index in [0.717, 1.165) is 17.0 Å². The van der Waals surface area contributed by atoms with Gasteiger partial charge >= 0.3 is 0 Å². The van der Waals surface area contributed by atoms with E-state index in [2.05, 4.69) is 15.1 Å². The Bertz CT molecular complexity index is 1150. The number of aryl methyl sites for hydroxylation is 2. The second kappa shape index (κ2) is 7.53. The molecular weight excluding hydrogens is 392 g/mol. The third-order valence-electron chi connectivity index (χ3n) is 4.92. The predicted octanol–water partition coefficient (Wildman–Crippen LogP) is 1.03. The molecule has 0 spiro atoms. The highest BCUT2D eigenvalue weighted by Crippen LogP contribution is 2.15. The van der Waals surface area contributed by atoms with Gasteiger partial charge in [-0.25, -0.2) is 17.9 Å². The molecule has 1 aliphatic heterocycles. The van der Waals surface area contributed by atoms with E-state index < -0.39 is 10.0 Å². The van der Waals surface area contributed by atoms with Crippen molar-refractivity contribution in [2.24, 2.45) is 0 Å². The first kappa shape index (κ1) is 19.5. The highest BCUT2D eigenvalue weighted by Gasteiger charge is 2.30. The minimum absolute atomic E-state index is 0.0416. The van der Waals surface area contributed by atoms with Crippen molar-refractivity contribution in [3.8, 4) is 0 Å². The van der Waals surface area contributed by atoms with Gasteiger partial charge < -0.3 is 4.90 Å². The number of sulfonamides is 1. The normalized spacial score (nSPS) is 15.7. The van der Waals surface area contributed by atoms with E-state index in [1.165, 1.54) is 4.31 Å². The first-order valence-electron chi connectivity index (χ1n) is 9.35. The molecule has 1 aromatic carbocycles. The van der Waals surface area contributed by atoms with E-state index in [-0.39, 0.29) is 30.6 Å². The van der Waals surface area contributed by atoms with Crippen molar-refractivity contribution >= 4 is 21.7 Å². The molecule has 0 N–H and O–H groups in total. The van der Waals surface area contributed by atoms with E-state index in [4.69, 9.17) is 0 Å². The molecule has 10 heteroatoms. The van der Waals surface area contributed by atoms with Crippen molar-refractivity contribution in [1.29, 1.82) is 0 Å². The summed E-state index contributed by atoms with van der Waals surface area (Å²) in [5.41, 5.74) is 2.40. The zero-order valence-electron chi connectivity index (χ0n) is 16.3. The number of carbonyl (C=O) groups excluding carboxylic acids is 1. The maximum atomic E-state index is 12.8. The molecule has 3 heterocycles. The molecule has 1 saturated heterocycles. The Hall–Kier alpha value is -2.85. The van der Waals surface area contributed by atoms with Gasteiger partial charge in [0, 0.05) is 37.6 Å². The van der Waals surface area contributed by atoms with Crippen LogP contribution >= 0.6 is 0 Å². The van der Waals surface area contributed by atoms with Crippen LogP contribution in [-0.2, 0) is 15.8 Å². The highest BCUT2D eigenvalue weighted by atomic mass is 32.2. The van der Waals surface area contributed by atoms with Crippen LogP contribution in [0.1, 0.15) is 27.6 Å². The molecular formula is C19H22N6O3S. The Morgan fingerprint density at radius 3 is 2.41 bits per heavy atom. The van der Waals surface area contributed by atoms with Gasteiger partial charge in [-0.2, -0.15) is 9.29 Å². The number of hydrogen-bond acceptors (Lipinski definition) is 6. The molecule has 0 unspecified atom stereocenters. The molecule has 0 aliphatic carbocycles. The number of benzene rings is 1. The quantitative estimate of drug-likeness (QED) is 0.632. The second-order valence-corrected chi connectivity index (χ2v) is 9.09. The van der Waals surface area contributed by atoms with Crippen LogP contribution in [0.3, 0.4) is 0 Å². The van der Waals surface area contributed by atoms with Crippen molar-refractivity contribution in [3.63, 3.8) is 0 Å². The fourth-order valence-corrected chi connectivity index (χ4v) is 4.96. The van der Waals surface area contributed by atoms with Crippen molar-refractivity contribution in [3.05, 3.63) is 59.2 Å². The van der Waals surface area contributed by atoms with Gasteiger partial charge in [-0.3, -0.25) is 4.79 Å². The minimum Gasteiger partial charge on any atom is -0.333 e.